The van der Waals surface area contributed by atoms with Crippen molar-refractivity contribution in [3.63, 3.8) is 0 Å². The Hall–Kier alpha value is -1.43. The number of aliphatic hydroxyl groups is 1. The van der Waals surface area contributed by atoms with E-state index >= 15 is 0 Å². The van der Waals surface area contributed by atoms with Crippen molar-refractivity contribution >= 4 is 17.5 Å². The number of hydrogen-bond donors (Lipinski definition) is 2. The van der Waals surface area contributed by atoms with E-state index in [-0.39, 0.29) is 18.4 Å². The van der Waals surface area contributed by atoms with Gasteiger partial charge in [-0.15, -0.1) is 0 Å². The molecule has 0 radical (unpaired) electrons. The van der Waals surface area contributed by atoms with Crippen molar-refractivity contribution in [2.75, 3.05) is 13.6 Å². The smallest absolute Gasteiger partial charge is 0.267 e. The van der Waals surface area contributed by atoms with Crippen LogP contribution in [0, 0.1) is 0 Å². The van der Waals surface area contributed by atoms with E-state index in [4.69, 9.17) is 0 Å². The van der Waals surface area contributed by atoms with Crippen molar-refractivity contribution in [1.29, 1.82) is 0 Å². The number of hydrogen-bond acceptors (Lipinski definition) is 4. The topological polar surface area (TPSA) is 82.0 Å². The first-order valence-electron chi connectivity index (χ1n) is 5.85. The molecule has 17 heavy (non-hydrogen) atoms. The fraction of sp³-hybridized carbons (Fsp3) is 0.727. The van der Waals surface area contributed by atoms with Crippen LogP contribution in [-0.4, -0.2) is 47.3 Å². The third-order valence-electron chi connectivity index (χ3n) is 2.59. The summed E-state index contributed by atoms with van der Waals surface area (Å²) in [7, 11) is 1.53. The number of carbonyl (C=O) groups excluding carboxylic acids is 2. The van der Waals surface area contributed by atoms with Crippen LogP contribution in [-0.2, 0) is 9.59 Å². The average molecular weight is 241 g/mol. The molecule has 1 aliphatic rings. The number of hydrazone groups is 1. The molecular formula is C11H19N3O3. The molecule has 2 N–H and O–H groups in total. The number of carbonyl (C=O) groups is 2. The molecule has 0 aromatic rings. The summed E-state index contributed by atoms with van der Waals surface area (Å²) in [5.41, 5.74) is 0.343. The molecule has 0 saturated heterocycles. The summed E-state index contributed by atoms with van der Waals surface area (Å²) in [6.07, 6.45) is 1.67. The highest BCUT2D eigenvalue weighted by molar-refractivity contribution is 6.39. The molecule has 1 rings (SSSR count). The largest absolute Gasteiger partial charge is 0.391 e. The Kier molecular flexibility index (Phi) is 5.09. The lowest BCUT2D eigenvalue weighted by Crippen LogP contribution is -2.40. The second kappa shape index (κ2) is 6.34. The summed E-state index contributed by atoms with van der Waals surface area (Å²) in [5.74, 6) is -0.396. The highest BCUT2D eigenvalue weighted by Gasteiger charge is 2.21. The molecule has 6 heteroatoms. The lowest BCUT2D eigenvalue weighted by Gasteiger charge is -2.19. The summed E-state index contributed by atoms with van der Waals surface area (Å²) < 4.78 is 0. The maximum Gasteiger partial charge on any atom is 0.267 e. The van der Waals surface area contributed by atoms with Crippen molar-refractivity contribution in [2.24, 2.45) is 5.10 Å². The average Bonchev–Trinajstić information content (AvgIpc) is 2.30. The monoisotopic (exact) mass is 241 g/mol. The minimum absolute atomic E-state index is 0.0902. The maximum absolute atomic E-state index is 11.7. The van der Waals surface area contributed by atoms with Gasteiger partial charge in [0, 0.05) is 26.4 Å². The molecule has 2 amide bonds. The lowest BCUT2D eigenvalue weighted by molar-refractivity contribution is -0.130. The summed E-state index contributed by atoms with van der Waals surface area (Å²) >= 11 is 0. The second-order valence-electron chi connectivity index (χ2n) is 4.12. The van der Waals surface area contributed by atoms with Gasteiger partial charge in [-0.05, 0) is 6.42 Å². The van der Waals surface area contributed by atoms with Gasteiger partial charge in [-0.3, -0.25) is 9.59 Å². The minimum atomic E-state index is -0.521. The molecule has 0 aromatic heterocycles. The highest BCUT2D eigenvalue weighted by atomic mass is 16.3. The Bertz CT molecular complexity index is 328. The van der Waals surface area contributed by atoms with Gasteiger partial charge in [0.2, 0.25) is 5.91 Å². The standard InChI is InChI=1S/C11H19N3O3/c1-3-4-8(15)7-12-11(17)9-5-6-10(16)14(2)13-9/h8,15H,3-7H2,1-2H3,(H,12,17). The van der Waals surface area contributed by atoms with Crippen LogP contribution in [0.5, 0.6) is 0 Å². The van der Waals surface area contributed by atoms with Crippen LogP contribution in [0.2, 0.25) is 0 Å². The summed E-state index contributed by atoms with van der Waals surface area (Å²) in [4.78, 5) is 22.8. The van der Waals surface area contributed by atoms with Crippen LogP contribution in [0.15, 0.2) is 5.10 Å². The van der Waals surface area contributed by atoms with Crippen LogP contribution in [0.3, 0.4) is 0 Å². The van der Waals surface area contributed by atoms with Crippen LogP contribution in [0.25, 0.3) is 0 Å². The number of nitrogens with zero attached hydrogens (tertiary/aromatic N) is 2. The number of nitrogens with one attached hydrogen (secondary N) is 1. The molecule has 0 saturated carbocycles. The number of amides is 2. The molecule has 6 nitrogen and oxygen atoms in total. The van der Waals surface area contributed by atoms with Gasteiger partial charge in [0.25, 0.3) is 5.91 Å². The third-order valence-corrected chi connectivity index (χ3v) is 2.59. The summed E-state index contributed by atoms with van der Waals surface area (Å²) in [5, 5.41) is 17.2. The lowest BCUT2D eigenvalue weighted by atomic mass is 10.1. The summed E-state index contributed by atoms with van der Waals surface area (Å²) in [6.45, 7) is 2.19. The zero-order valence-electron chi connectivity index (χ0n) is 10.3. The van der Waals surface area contributed by atoms with Gasteiger partial charge in [0.1, 0.15) is 5.71 Å². The fourth-order valence-corrected chi connectivity index (χ4v) is 1.58. The van der Waals surface area contributed by atoms with Crippen LogP contribution in [0.1, 0.15) is 32.6 Å². The third kappa shape index (κ3) is 4.14. The van der Waals surface area contributed by atoms with Gasteiger partial charge in [0.05, 0.1) is 6.10 Å². The van der Waals surface area contributed by atoms with Crippen molar-refractivity contribution in [3.8, 4) is 0 Å². The molecule has 0 aliphatic carbocycles. The zero-order chi connectivity index (χ0) is 12.8. The molecule has 0 fully saturated rings. The van der Waals surface area contributed by atoms with Crippen molar-refractivity contribution in [3.05, 3.63) is 0 Å². The van der Waals surface area contributed by atoms with Gasteiger partial charge in [-0.25, -0.2) is 5.01 Å². The van der Waals surface area contributed by atoms with E-state index in [1.54, 1.807) is 0 Å². The van der Waals surface area contributed by atoms with E-state index in [9.17, 15) is 14.7 Å². The molecule has 96 valence electrons. The second-order valence-corrected chi connectivity index (χ2v) is 4.12. The minimum Gasteiger partial charge on any atom is -0.391 e. The molecule has 0 aromatic carbocycles. The normalized spacial score (nSPS) is 17.7. The number of rotatable bonds is 5. The molecule has 1 unspecified atom stereocenters. The van der Waals surface area contributed by atoms with Gasteiger partial charge >= 0.3 is 0 Å². The molecule has 1 aliphatic heterocycles. The Labute approximate surface area is 101 Å². The first-order valence-corrected chi connectivity index (χ1v) is 5.85. The first kappa shape index (κ1) is 13.6. The molecule has 1 heterocycles. The van der Waals surface area contributed by atoms with Crippen LogP contribution >= 0.6 is 0 Å². The van der Waals surface area contributed by atoms with E-state index < -0.39 is 6.10 Å². The fourth-order valence-electron chi connectivity index (χ4n) is 1.58. The molecular weight excluding hydrogens is 222 g/mol. The van der Waals surface area contributed by atoms with Gasteiger partial charge in [0.15, 0.2) is 0 Å². The van der Waals surface area contributed by atoms with Crippen molar-refractivity contribution in [2.45, 2.75) is 38.7 Å². The van der Waals surface area contributed by atoms with Crippen LogP contribution < -0.4 is 5.32 Å². The highest BCUT2D eigenvalue weighted by Crippen LogP contribution is 2.06. The Balaban J connectivity index is 2.43. The zero-order valence-corrected chi connectivity index (χ0v) is 10.3. The van der Waals surface area contributed by atoms with Crippen molar-refractivity contribution in [1.82, 2.24) is 10.3 Å². The van der Waals surface area contributed by atoms with E-state index in [1.807, 2.05) is 6.92 Å². The Morgan fingerprint density at radius 2 is 2.29 bits per heavy atom. The van der Waals surface area contributed by atoms with E-state index in [0.29, 0.717) is 25.0 Å². The molecule has 0 bridgehead atoms. The van der Waals surface area contributed by atoms with E-state index in [0.717, 1.165) is 6.42 Å². The Morgan fingerprint density at radius 1 is 1.59 bits per heavy atom. The summed E-state index contributed by atoms with van der Waals surface area (Å²) in [6, 6.07) is 0. The van der Waals surface area contributed by atoms with E-state index in [2.05, 4.69) is 10.4 Å². The maximum atomic E-state index is 11.7. The van der Waals surface area contributed by atoms with E-state index in [1.165, 1.54) is 12.1 Å². The van der Waals surface area contributed by atoms with Gasteiger partial charge in [-0.1, -0.05) is 13.3 Å². The molecule has 0 spiro atoms. The van der Waals surface area contributed by atoms with Gasteiger partial charge < -0.3 is 10.4 Å². The quantitative estimate of drug-likeness (QED) is 0.703. The Morgan fingerprint density at radius 3 is 2.88 bits per heavy atom. The first-order chi connectivity index (χ1) is 8.04. The van der Waals surface area contributed by atoms with Gasteiger partial charge in [-0.2, -0.15) is 5.10 Å². The SMILES string of the molecule is CCCC(O)CNC(=O)C1=NN(C)C(=O)CC1. The predicted molar refractivity (Wildman–Crippen MR) is 63.4 cm³/mol. The predicted octanol–water partition coefficient (Wildman–Crippen LogP) is -0.128. The molecule has 1 atom stereocenters. The van der Waals surface area contributed by atoms with Crippen LogP contribution in [0.4, 0.5) is 0 Å². The number of aliphatic hydroxyl groups excluding tert-OH is 1. The van der Waals surface area contributed by atoms with Crippen molar-refractivity contribution < 1.29 is 14.7 Å².